The molecule has 0 atom stereocenters. The first kappa shape index (κ1) is 18.5. The average Bonchev–Trinajstić information content (AvgIpc) is 3.13. The third-order valence-electron chi connectivity index (χ3n) is 4.43. The lowest BCUT2D eigenvalue weighted by atomic mass is 10.1. The zero-order valence-electron chi connectivity index (χ0n) is 15.7. The van der Waals surface area contributed by atoms with E-state index in [2.05, 4.69) is 10.4 Å². The summed E-state index contributed by atoms with van der Waals surface area (Å²) in [6, 6.07) is 13.5. The number of phenols is 1. The normalized spacial score (nSPS) is 12.0. The van der Waals surface area contributed by atoms with Crippen molar-refractivity contribution < 1.29 is 19.4 Å². The fraction of sp³-hybridized carbons (Fsp3) is 0.190. The second-order valence-electron chi connectivity index (χ2n) is 6.74. The summed E-state index contributed by atoms with van der Waals surface area (Å²) in [6.07, 6.45) is 0.334. The molecule has 0 saturated heterocycles. The van der Waals surface area contributed by atoms with Crippen molar-refractivity contribution >= 4 is 11.6 Å². The van der Waals surface area contributed by atoms with Gasteiger partial charge in [0.1, 0.15) is 12.3 Å². The molecule has 29 heavy (non-hydrogen) atoms. The number of amides is 1. The molecule has 2 heterocycles. The molecule has 8 nitrogen and oxygen atoms in total. The highest BCUT2D eigenvalue weighted by Crippen LogP contribution is 2.34. The van der Waals surface area contributed by atoms with E-state index in [0.717, 1.165) is 10.2 Å². The smallest absolute Gasteiger partial charge is 0.270 e. The first-order valence-electron chi connectivity index (χ1n) is 9.03. The molecule has 0 fully saturated rings. The summed E-state index contributed by atoms with van der Waals surface area (Å²) in [5.41, 5.74) is 2.11. The van der Waals surface area contributed by atoms with Crippen LogP contribution < -0.4 is 20.3 Å². The van der Waals surface area contributed by atoms with Crippen LogP contribution in [0, 0.1) is 6.92 Å². The van der Waals surface area contributed by atoms with Crippen molar-refractivity contribution in [2.75, 3.05) is 12.1 Å². The maximum atomic E-state index is 12.8. The Hall–Kier alpha value is -3.81. The molecule has 8 heteroatoms. The van der Waals surface area contributed by atoms with Crippen molar-refractivity contribution in [3.8, 4) is 17.2 Å². The minimum Gasteiger partial charge on any atom is -0.508 e. The first-order chi connectivity index (χ1) is 14.0. The van der Waals surface area contributed by atoms with Gasteiger partial charge in [0, 0.05) is 23.7 Å². The van der Waals surface area contributed by atoms with Gasteiger partial charge in [-0.2, -0.15) is 5.10 Å². The molecule has 2 N–H and O–H groups in total. The number of carbonyl (C=O) groups excluding carboxylic acids is 1. The van der Waals surface area contributed by atoms with Crippen LogP contribution in [0.2, 0.25) is 0 Å². The summed E-state index contributed by atoms with van der Waals surface area (Å²) in [6.45, 7) is 1.69. The number of fused-ring (bicyclic) bond motifs is 1. The minimum absolute atomic E-state index is 0.136. The van der Waals surface area contributed by atoms with Gasteiger partial charge >= 0.3 is 0 Å². The number of rotatable bonds is 5. The van der Waals surface area contributed by atoms with Crippen molar-refractivity contribution in [3.05, 3.63) is 75.7 Å². The predicted octanol–water partition coefficient (Wildman–Crippen LogP) is 2.22. The van der Waals surface area contributed by atoms with Crippen LogP contribution in [0.15, 0.2) is 53.3 Å². The number of anilines is 1. The van der Waals surface area contributed by atoms with Gasteiger partial charge in [0.2, 0.25) is 12.7 Å². The number of nitrogens with zero attached hydrogens (tertiary/aromatic N) is 2. The summed E-state index contributed by atoms with van der Waals surface area (Å²) in [7, 11) is 0. The van der Waals surface area contributed by atoms with Crippen LogP contribution in [0.25, 0.3) is 0 Å². The lowest BCUT2D eigenvalue weighted by Gasteiger charge is -2.10. The van der Waals surface area contributed by atoms with Gasteiger partial charge in [0.05, 0.1) is 5.69 Å². The lowest BCUT2D eigenvalue weighted by Crippen LogP contribution is -2.32. The first-order valence-corrected chi connectivity index (χ1v) is 9.03. The summed E-state index contributed by atoms with van der Waals surface area (Å²) in [5, 5.41) is 16.5. The van der Waals surface area contributed by atoms with E-state index in [1.807, 2.05) is 6.07 Å². The number of aromatic hydroxyl groups is 1. The standard InChI is InChI=1S/C21H19N3O5/c1-13-7-15(8-14-3-2-4-17(25)9-14)21(27)24(23-13)11-20(26)22-16-5-6-18-19(10-16)29-12-28-18/h2-7,9-10,25H,8,11-12H2,1H3,(H,22,26). The predicted molar refractivity (Wildman–Crippen MR) is 105 cm³/mol. The van der Waals surface area contributed by atoms with Gasteiger partial charge in [0.15, 0.2) is 11.5 Å². The molecule has 1 aliphatic rings. The molecule has 1 amide bonds. The highest BCUT2D eigenvalue weighted by molar-refractivity contribution is 5.90. The minimum atomic E-state index is -0.382. The number of ether oxygens (including phenoxy) is 2. The molecule has 2 aromatic carbocycles. The van der Waals surface area contributed by atoms with Crippen LogP contribution in [-0.4, -0.2) is 27.6 Å². The molecule has 0 radical (unpaired) electrons. The Kier molecular flexibility index (Phi) is 4.90. The van der Waals surface area contributed by atoms with E-state index in [1.165, 1.54) is 0 Å². The molecular formula is C21H19N3O5. The molecule has 148 valence electrons. The maximum Gasteiger partial charge on any atom is 0.270 e. The zero-order chi connectivity index (χ0) is 20.4. The Morgan fingerprint density at radius 2 is 2.00 bits per heavy atom. The van der Waals surface area contributed by atoms with E-state index >= 15 is 0 Å². The molecule has 0 unspecified atom stereocenters. The van der Waals surface area contributed by atoms with Crippen molar-refractivity contribution in [2.45, 2.75) is 19.9 Å². The van der Waals surface area contributed by atoms with Gasteiger partial charge in [-0.15, -0.1) is 0 Å². The molecule has 0 saturated carbocycles. The van der Waals surface area contributed by atoms with Gasteiger partial charge < -0.3 is 19.9 Å². The summed E-state index contributed by atoms with van der Waals surface area (Å²) >= 11 is 0. The van der Waals surface area contributed by atoms with E-state index in [0.29, 0.717) is 34.9 Å². The van der Waals surface area contributed by atoms with Gasteiger partial charge in [-0.1, -0.05) is 12.1 Å². The van der Waals surface area contributed by atoms with E-state index in [4.69, 9.17) is 9.47 Å². The number of benzene rings is 2. The third kappa shape index (κ3) is 4.21. The molecule has 0 spiro atoms. The second kappa shape index (κ2) is 7.67. The quantitative estimate of drug-likeness (QED) is 0.689. The molecule has 1 aromatic heterocycles. The maximum absolute atomic E-state index is 12.8. The number of hydrogen-bond acceptors (Lipinski definition) is 6. The molecule has 4 rings (SSSR count). The molecule has 0 bridgehead atoms. The highest BCUT2D eigenvalue weighted by Gasteiger charge is 2.15. The van der Waals surface area contributed by atoms with E-state index in [9.17, 15) is 14.7 Å². The monoisotopic (exact) mass is 393 g/mol. The fourth-order valence-corrected chi connectivity index (χ4v) is 3.18. The van der Waals surface area contributed by atoms with Gasteiger partial charge in [-0.05, 0) is 42.8 Å². The molecule has 1 aliphatic heterocycles. The van der Waals surface area contributed by atoms with Crippen LogP contribution >= 0.6 is 0 Å². The Bertz CT molecular complexity index is 1140. The third-order valence-corrected chi connectivity index (χ3v) is 4.43. The number of aryl methyl sites for hydroxylation is 1. The van der Waals surface area contributed by atoms with Crippen molar-refractivity contribution in [2.24, 2.45) is 0 Å². The second-order valence-corrected chi connectivity index (χ2v) is 6.74. The fourth-order valence-electron chi connectivity index (χ4n) is 3.18. The Morgan fingerprint density at radius 1 is 1.17 bits per heavy atom. The Morgan fingerprint density at radius 3 is 2.83 bits per heavy atom. The van der Waals surface area contributed by atoms with Crippen LogP contribution in [0.4, 0.5) is 5.69 Å². The number of nitrogens with one attached hydrogen (secondary N) is 1. The van der Waals surface area contributed by atoms with Crippen LogP contribution in [0.1, 0.15) is 16.8 Å². The molecule has 3 aromatic rings. The van der Waals surface area contributed by atoms with Gasteiger partial charge in [-0.3, -0.25) is 9.59 Å². The number of aromatic nitrogens is 2. The van der Waals surface area contributed by atoms with Crippen molar-refractivity contribution in [1.82, 2.24) is 9.78 Å². The van der Waals surface area contributed by atoms with E-state index < -0.39 is 0 Å². The molecular weight excluding hydrogens is 374 g/mol. The lowest BCUT2D eigenvalue weighted by molar-refractivity contribution is -0.117. The number of phenolic OH excluding ortho intramolecular Hbond substituents is 1. The van der Waals surface area contributed by atoms with Crippen molar-refractivity contribution in [3.63, 3.8) is 0 Å². The Labute approximate surface area is 166 Å². The number of hydrogen-bond donors (Lipinski definition) is 2. The zero-order valence-corrected chi connectivity index (χ0v) is 15.7. The molecule has 0 aliphatic carbocycles. The van der Waals surface area contributed by atoms with Crippen molar-refractivity contribution in [1.29, 1.82) is 0 Å². The van der Waals surface area contributed by atoms with Crippen LogP contribution in [-0.2, 0) is 17.8 Å². The SMILES string of the molecule is Cc1cc(Cc2cccc(O)c2)c(=O)n(CC(=O)Nc2ccc3c(c2)OCO3)n1. The summed E-state index contributed by atoms with van der Waals surface area (Å²) < 4.78 is 11.7. The average molecular weight is 393 g/mol. The topological polar surface area (TPSA) is 103 Å². The Balaban J connectivity index is 1.51. The summed E-state index contributed by atoms with van der Waals surface area (Å²) in [5.74, 6) is 0.933. The number of carbonyl (C=O) groups is 1. The van der Waals surface area contributed by atoms with E-state index in [-0.39, 0.29) is 30.6 Å². The van der Waals surface area contributed by atoms with Gasteiger partial charge in [-0.25, -0.2) is 4.68 Å². The van der Waals surface area contributed by atoms with Crippen LogP contribution in [0.5, 0.6) is 17.2 Å². The van der Waals surface area contributed by atoms with E-state index in [1.54, 1.807) is 49.4 Å². The van der Waals surface area contributed by atoms with Crippen LogP contribution in [0.3, 0.4) is 0 Å². The summed E-state index contributed by atoms with van der Waals surface area (Å²) in [4.78, 5) is 25.2. The largest absolute Gasteiger partial charge is 0.508 e. The van der Waals surface area contributed by atoms with Gasteiger partial charge in [0.25, 0.3) is 5.56 Å². The highest BCUT2D eigenvalue weighted by atomic mass is 16.7.